The fourth-order valence-corrected chi connectivity index (χ4v) is 3.07. The molecule has 2 heteroatoms. The highest BCUT2D eigenvalue weighted by molar-refractivity contribution is 5.81. The van der Waals surface area contributed by atoms with Crippen LogP contribution in [-0.4, -0.2) is 29.8 Å². The number of ketones is 1. The molecule has 1 aliphatic carbocycles. The molecule has 1 saturated carbocycles. The van der Waals surface area contributed by atoms with Crippen molar-refractivity contribution in [3.8, 4) is 0 Å². The molecule has 0 radical (unpaired) electrons. The number of carbonyl (C=O) groups excluding carboxylic acids is 1. The van der Waals surface area contributed by atoms with Crippen molar-refractivity contribution in [2.75, 3.05) is 13.1 Å². The molecule has 2 aliphatic rings. The van der Waals surface area contributed by atoms with Gasteiger partial charge >= 0.3 is 0 Å². The van der Waals surface area contributed by atoms with Crippen molar-refractivity contribution in [1.29, 1.82) is 0 Å². The van der Waals surface area contributed by atoms with E-state index in [9.17, 15) is 4.79 Å². The molecule has 1 aliphatic heterocycles. The highest BCUT2D eigenvalue weighted by Gasteiger charge is 2.28. The topological polar surface area (TPSA) is 20.3 Å². The lowest BCUT2D eigenvalue weighted by Gasteiger charge is -2.26. The Balaban J connectivity index is 1.85. The van der Waals surface area contributed by atoms with E-state index in [1.54, 1.807) is 0 Å². The van der Waals surface area contributed by atoms with Gasteiger partial charge in [0.05, 0.1) is 0 Å². The molecule has 0 spiro atoms. The van der Waals surface area contributed by atoms with Gasteiger partial charge in [-0.3, -0.25) is 9.69 Å². The number of likely N-dealkylation sites (tertiary alicyclic amines) is 1. The number of carbonyl (C=O) groups is 1. The average molecular weight is 209 g/mol. The van der Waals surface area contributed by atoms with Crippen molar-refractivity contribution < 1.29 is 4.79 Å². The fraction of sp³-hybridized carbons (Fsp3) is 0.923. The van der Waals surface area contributed by atoms with Crippen LogP contribution in [0.25, 0.3) is 0 Å². The Hall–Kier alpha value is -0.370. The molecule has 0 N–H and O–H groups in total. The zero-order valence-corrected chi connectivity index (χ0v) is 9.87. The zero-order chi connectivity index (χ0) is 10.7. The molecule has 2 atom stereocenters. The van der Waals surface area contributed by atoms with Gasteiger partial charge < -0.3 is 0 Å². The lowest BCUT2D eigenvalue weighted by atomic mass is 9.98. The van der Waals surface area contributed by atoms with E-state index in [1.165, 1.54) is 38.8 Å². The molecule has 0 amide bonds. The summed E-state index contributed by atoms with van der Waals surface area (Å²) in [5, 5.41) is 0. The summed E-state index contributed by atoms with van der Waals surface area (Å²) in [7, 11) is 0. The van der Waals surface area contributed by atoms with Crippen LogP contribution >= 0.6 is 0 Å². The number of Topliss-reactive ketones (excluding diaryl/α,β-unsaturated/α-hetero) is 1. The molecule has 86 valence electrons. The largest absolute Gasteiger partial charge is 0.300 e. The summed E-state index contributed by atoms with van der Waals surface area (Å²) in [6.45, 7) is 4.77. The quantitative estimate of drug-likeness (QED) is 0.697. The smallest absolute Gasteiger partial charge is 0.134 e. The minimum Gasteiger partial charge on any atom is -0.300 e. The highest BCUT2D eigenvalue weighted by Crippen LogP contribution is 2.26. The third kappa shape index (κ3) is 2.81. The second-order valence-electron chi connectivity index (χ2n) is 5.18. The summed E-state index contributed by atoms with van der Waals surface area (Å²) < 4.78 is 0. The first-order valence-electron chi connectivity index (χ1n) is 6.55. The number of hydrogen-bond acceptors (Lipinski definition) is 2. The predicted molar refractivity (Wildman–Crippen MR) is 61.9 cm³/mol. The lowest BCUT2D eigenvalue weighted by molar-refractivity contribution is -0.117. The maximum atomic E-state index is 11.3. The van der Waals surface area contributed by atoms with Crippen LogP contribution in [0.1, 0.15) is 51.9 Å². The highest BCUT2D eigenvalue weighted by atomic mass is 16.1. The third-order valence-corrected chi connectivity index (χ3v) is 4.20. The molecule has 2 nitrogen and oxygen atoms in total. The Kier molecular flexibility index (Phi) is 3.79. The van der Waals surface area contributed by atoms with Gasteiger partial charge in [0.25, 0.3) is 0 Å². The van der Waals surface area contributed by atoms with Gasteiger partial charge in [-0.15, -0.1) is 0 Å². The SMILES string of the molecule is CCC1CCCN(C2CCC(=O)C2)CC1. The molecule has 2 rings (SSSR count). The minimum atomic E-state index is 0.483. The van der Waals surface area contributed by atoms with Crippen LogP contribution in [0.15, 0.2) is 0 Å². The molecule has 0 bridgehead atoms. The van der Waals surface area contributed by atoms with Crippen molar-refractivity contribution in [2.24, 2.45) is 5.92 Å². The lowest BCUT2D eigenvalue weighted by Crippen LogP contribution is -2.34. The summed E-state index contributed by atoms with van der Waals surface area (Å²) in [5.74, 6) is 1.42. The number of nitrogens with zero attached hydrogens (tertiary/aromatic N) is 1. The molecule has 0 aromatic heterocycles. The van der Waals surface area contributed by atoms with Crippen LogP contribution in [0.3, 0.4) is 0 Å². The summed E-state index contributed by atoms with van der Waals surface area (Å²) in [6.07, 6.45) is 8.19. The first-order chi connectivity index (χ1) is 7.29. The first kappa shape index (κ1) is 11.1. The Morgan fingerprint density at radius 3 is 2.80 bits per heavy atom. The van der Waals surface area contributed by atoms with E-state index >= 15 is 0 Å². The van der Waals surface area contributed by atoms with Crippen molar-refractivity contribution in [3.63, 3.8) is 0 Å². The maximum Gasteiger partial charge on any atom is 0.134 e. The minimum absolute atomic E-state index is 0.483. The second kappa shape index (κ2) is 5.11. The maximum absolute atomic E-state index is 11.3. The fourth-order valence-electron chi connectivity index (χ4n) is 3.07. The third-order valence-electron chi connectivity index (χ3n) is 4.20. The van der Waals surface area contributed by atoms with Gasteiger partial charge in [0.15, 0.2) is 0 Å². The van der Waals surface area contributed by atoms with Crippen molar-refractivity contribution >= 4 is 5.78 Å². The number of hydrogen-bond donors (Lipinski definition) is 0. The normalized spacial score (nSPS) is 34.3. The van der Waals surface area contributed by atoms with Gasteiger partial charge in [-0.2, -0.15) is 0 Å². The van der Waals surface area contributed by atoms with Crippen LogP contribution in [0.4, 0.5) is 0 Å². The average Bonchev–Trinajstić information content (AvgIpc) is 2.54. The molecule has 2 fully saturated rings. The molecule has 1 heterocycles. The molecule has 0 aromatic carbocycles. The Morgan fingerprint density at radius 2 is 2.13 bits per heavy atom. The van der Waals surface area contributed by atoms with E-state index in [4.69, 9.17) is 0 Å². The van der Waals surface area contributed by atoms with Gasteiger partial charge in [0.1, 0.15) is 5.78 Å². The number of rotatable bonds is 2. The Bertz CT molecular complexity index is 227. The van der Waals surface area contributed by atoms with E-state index in [1.807, 2.05) is 0 Å². The summed E-state index contributed by atoms with van der Waals surface area (Å²) in [6, 6.07) is 0.591. The second-order valence-corrected chi connectivity index (χ2v) is 5.18. The van der Waals surface area contributed by atoms with Gasteiger partial charge in [0.2, 0.25) is 0 Å². The van der Waals surface area contributed by atoms with Crippen LogP contribution < -0.4 is 0 Å². The van der Waals surface area contributed by atoms with Crippen LogP contribution in [-0.2, 0) is 4.79 Å². The summed E-state index contributed by atoms with van der Waals surface area (Å²) >= 11 is 0. The summed E-state index contributed by atoms with van der Waals surface area (Å²) in [5.41, 5.74) is 0. The van der Waals surface area contributed by atoms with Crippen LogP contribution in [0.5, 0.6) is 0 Å². The standard InChI is InChI=1S/C13H23NO/c1-2-11-4-3-8-14(9-7-11)12-5-6-13(15)10-12/h11-12H,2-10H2,1H3. The Labute approximate surface area is 93.0 Å². The van der Waals surface area contributed by atoms with Gasteiger partial charge in [0, 0.05) is 18.9 Å². The van der Waals surface area contributed by atoms with Crippen molar-refractivity contribution in [3.05, 3.63) is 0 Å². The Morgan fingerprint density at radius 1 is 1.27 bits per heavy atom. The predicted octanol–water partition coefficient (Wildman–Crippen LogP) is 2.62. The molecule has 15 heavy (non-hydrogen) atoms. The molecule has 1 saturated heterocycles. The van der Waals surface area contributed by atoms with Crippen LogP contribution in [0.2, 0.25) is 0 Å². The van der Waals surface area contributed by atoms with E-state index in [2.05, 4.69) is 11.8 Å². The van der Waals surface area contributed by atoms with E-state index in [-0.39, 0.29) is 0 Å². The van der Waals surface area contributed by atoms with E-state index < -0.39 is 0 Å². The monoisotopic (exact) mass is 209 g/mol. The van der Waals surface area contributed by atoms with Crippen molar-refractivity contribution in [2.45, 2.75) is 57.9 Å². The van der Waals surface area contributed by atoms with Gasteiger partial charge in [-0.1, -0.05) is 13.3 Å². The van der Waals surface area contributed by atoms with Gasteiger partial charge in [-0.05, 0) is 44.7 Å². The molecular weight excluding hydrogens is 186 g/mol. The molecule has 0 aromatic rings. The zero-order valence-electron chi connectivity index (χ0n) is 9.87. The first-order valence-corrected chi connectivity index (χ1v) is 6.55. The van der Waals surface area contributed by atoms with Crippen LogP contribution in [0, 0.1) is 5.92 Å². The molecular formula is C13H23NO. The van der Waals surface area contributed by atoms with Gasteiger partial charge in [-0.25, -0.2) is 0 Å². The van der Waals surface area contributed by atoms with Crippen molar-refractivity contribution in [1.82, 2.24) is 4.90 Å². The van der Waals surface area contributed by atoms with E-state index in [0.29, 0.717) is 11.8 Å². The van der Waals surface area contributed by atoms with E-state index in [0.717, 1.165) is 25.2 Å². The molecule has 2 unspecified atom stereocenters. The summed E-state index contributed by atoms with van der Waals surface area (Å²) in [4.78, 5) is 13.9.